The molecule has 0 heterocycles. The van der Waals surface area contributed by atoms with Crippen molar-refractivity contribution < 1.29 is 15.1 Å². The quantitative estimate of drug-likeness (QED) is 0.343. The topological polar surface area (TPSA) is 108 Å². The molecule has 0 radical (unpaired) electrons. The fourth-order valence-corrected chi connectivity index (χ4v) is 1.52. The third-order valence-corrected chi connectivity index (χ3v) is 2.50. The first kappa shape index (κ1) is 13.3. The molecule has 0 saturated carbocycles. The maximum absolute atomic E-state index is 10.6. The van der Waals surface area contributed by atoms with Crippen LogP contribution in [-0.4, -0.2) is 21.4 Å². The first-order chi connectivity index (χ1) is 9.58. The largest absolute Gasteiger partial charge is 0.504 e. The normalized spacial score (nSPS) is 10.6. The molecule has 0 saturated heterocycles. The lowest BCUT2D eigenvalue weighted by Gasteiger charge is -2.02. The van der Waals surface area contributed by atoms with Crippen LogP contribution in [0, 0.1) is 10.1 Å². The summed E-state index contributed by atoms with van der Waals surface area (Å²) in [6, 6.07) is 10.3. The van der Waals surface area contributed by atoms with Crippen molar-refractivity contribution in [2.45, 2.75) is 0 Å². The van der Waals surface area contributed by atoms with Crippen molar-refractivity contribution in [1.82, 2.24) is 0 Å². The summed E-state index contributed by atoms with van der Waals surface area (Å²) in [4.78, 5) is 10.1. The highest BCUT2D eigenvalue weighted by Crippen LogP contribution is 2.26. The molecule has 102 valence electrons. The number of aromatic hydroxyl groups is 2. The number of nitro groups is 1. The number of nitrogens with one attached hydrogen (secondary N) is 1. The van der Waals surface area contributed by atoms with E-state index in [-0.39, 0.29) is 17.2 Å². The van der Waals surface area contributed by atoms with Gasteiger partial charge in [0.1, 0.15) is 0 Å². The smallest absolute Gasteiger partial charge is 0.271 e. The molecule has 0 atom stereocenters. The van der Waals surface area contributed by atoms with Crippen LogP contribution in [0.3, 0.4) is 0 Å². The van der Waals surface area contributed by atoms with Crippen molar-refractivity contribution >= 4 is 17.6 Å². The molecule has 2 aromatic rings. The molecule has 0 fully saturated rings. The zero-order valence-corrected chi connectivity index (χ0v) is 10.2. The number of benzene rings is 2. The summed E-state index contributed by atoms with van der Waals surface area (Å²) < 4.78 is 0. The van der Waals surface area contributed by atoms with Gasteiger partial charge in [-0.1, -0.05) is 12.1 Å². The Morgan fingerprint density at radius 2 is 1.95 bits per heavy atom. The predicted octanol–water partition coefficient (Wildman–Crippen LogP) is 2.45. The van der Waals surface area contributed by atoms with E-state index in [1.807, 2.05) is 0 Å². The average Bonchev–Trinajstić information content (AvgIpc) is 2.44. The van der Waals surface area contributed by atoms with Crippen molar-refractivity contribution in [1.29, 1.82) is 0 Å². The Kier molecular flexibility index (Phi) is 3.80. The highest BCUT2D eigenvalue weighted by Gasteiger charge is 2.05. The maximum Gasteiger partial charge on any atom is 0.271 e. The van der Waals surface area contributed by atoms with Gasteiger partial charge >= 0.3 is 0 Å². The van der Waals surface area contributed by atoms with Gasteiger partial charge in [0.2, 0.25) is 0 Å². The van der Waals surface area contributed by atoms with Crippen LogP contribution in [0.5, 0.6) is 11.5 Å². The molecule has 0 aromatic heterocycles. The molecular formula is C13H11N3O4. The van der Waals surface area contributed by atoms with Crippen LogP contribution in [0.2, 0.25) is 0 Å². The van der Waals surface area contributed by atoms with Crippen molar-refractivity contribution in [2.24, 2.45) is 5.10 Å². The van der Waals surface area contributed by atoms with E-state index in [2.05, 4.69) is 10.5 Å². The monoisotopic (exact) mass is 273 g/mol. The van der Waals surface area contributed by atoms with E-state index < -0.39 is 4.92 Å². The standard InChI is InChI=1S/C13H11N3O4/c17-12-6-1-3-9(13(12)18)8-14-15-10-4-2-5-11(7-10)16(19)20/h1-8,15,17-18H/b14-8+. The van der Waals surface area contributed by atoms with Crippen molar-refractivity contribution in [3.05, 3.63) is 58.1 Å². The zero-order valence-electron chi connectivity index (χ0n) is 10.2. The Hall–Kier alpha value is -3.09. The maximum atomic E-state index is 10.6. The zero-order chi connectivity index (χ0) is 14.5. The summed E-state index contributed by atoms with van der Waals surface area (Å²) in [5, 5.41) is 33.3. The van der Waals surface area contributed by atoms with Crippen LogP contribution in [0.1, 0.15) is 5.56 Å². The number of rotatable bonds is 4. The summed E-state index contributed by atoms with van der Waals surface area (Å²) in [5.74, 6) is -0.526. The van der Waals surface area contributed by atoms with E-state index in [0.29, 0.717) is 11.3 Å². The van der Waals surface area contributed by atoms with E-state index in [1.165, 1.54) is 30.5 Å². The number of non-ortho nitro benzene ring substituents is 1. The second-order valence-electron chi connectivity index (χ2n) is 3.89. The molecule has 2 aromatic carbocycles. The molecule has 0 spiro atoms. The van der Waals surface area contributed by atoms with Crippen LogP contribution in [0.4, 0.5) is 11.4 Å². The van der Waals surface area contributed by atoms with Gasteiger partial charge in [0.15, 0.2) is 11.5 Å². The predicted molar refractivity (Wildman–Crippen MR) is 74.1 cm³/mol. The van der Waals surface area contributed by atoms with E-state index in [9.17, 15) is 20.3 Å². The highest BCUT2D eigenvalue weighted by molar-refractivity contribution is 5.85. The lowest BCUT2D eigenvalue weighted by atomic mass is 10.2. The number of hydrazone groups is 1. The Morgan fingerprint density at radius 3 is 2.70 bits per heavy atom. The van der Waals surface area contributed by atoms with Crippen molar-refractivity contribution in [3.63, 3.8) is 0 Å². The Labute approximate surface area is 114 Å². The van der Waals surface area contributed by atoms with Crippen LogP contribution >= 0.6 is 0 Å². The van der Waals surface area contributed by atoms with Gasteiger partial charge in [-0.25, -0.2) is 0 Å². The van der Waals surface area contributed by atoms with Crippen LogP contribution < -0.4 is 5.43 Å². The molecule has 0 aliphatic heterocycles. The first-order valence-electron chi connectivity index (χ1n) is 5.62. The number of hydrogen-bond donors (Lipinski definition) is 3. The molecule has 0 unspecified atom stereocenters. The fourth-order valence-electron chi connectivity index (χ4n) is 1.52. The van der Waals surface area contributed by atoms with Gasteiger partial charge in [0.05, 0.1) is 16.8 Å². The third-order valence-electron chi connectivity index (χ3n) is 2.50. The van der Waals surface area contributed by atoms with Crippen LogP contribution in [-0.2, 0) is 0 Å². The minimum absolute atomic E-state index is 0.0506. The van der Waals surface area contributed by atoms with Crippen molar-refractivity contribution in [3.8, 4) is 11.5 Å². The van der Waals surface area contributed by atoms with Crippen LogP contribution in [0.15, 0.2) is 47.6 Å². The second-order valence-corrected chi connectivity index (χ2v) is 3.89. The molecule has 0 aliphatic carbocycles. The SMILES string of the molecule is O=[N+]([O-])c1cccc(N/N=C/c2cccc(O)c2O)c1. The molecule has 0 bridgehead atoms. The van der Waals surface area contributed by atoms with Gasteiger partial charge in [0.25, 0.3) is 5.69 Å². The molecule has 7 nitrogen and oxygen atoms in total. The third kappa shape index (κ3) is 3.02. The molecule has 7 heteroatoms. The summed E-state index contributed by atoms with van der Waals surface area (Å²) in [5.41, 5.74) is 3.32. The first-order valence-corrected chi connectivity index (χ1v) is 5.62. The summed E-state index contributed by atoms with van der Waals surface area (Å²) in [7, 11) is 0. The Bertz CT molecular complexity index is 670. The number of hydrogen-bond acceptors (Lipinski definition) is 6. The fraction of sp³-hybridized carbons (Fsp3) is 0. The number of phenolic OH excluding ortho intramolecular Hbond substituents is 2. The van der Waals surface area contributed by atoms with Crippen LogP contribution in [0.25, 0.3) is 0 Å². The number of para-hydroxylation sites is 1. The van der Waals surface area contributed by atoms with E-state index >= 15 is 0 Å². The lowest BCUT2D eigenvalue weighted by molar-refractivity contribution is -0.384. The van der Waals surface area contributed by atoms with E-state index in [4.69, 9.17) is 0 Å². The number of nitro benzene ring substituents is 1. The van der Waals surface area contributed by atoms with Gasteiger partial charge in [-0.3, -0.25) is 15.5 Å². The summed E-state index contributed by atoms with van der Waals surface area (Å²) in [6.07, 6.45) is 1.30. The molecular weight excluding hydrogens is 262 g/mol. The van der Waals surface area contributed by atoms with Gasteiger partial charge in [-0.05, 0) is 18.2 Å². The second kappa shape index (κ2) is 5.70. The lowest BCUT2D eigenvalue weighted by Crippen LogP contribution is -1.93. The van der Waals surface area contributed by atoms with Gasteiger partial charge < -0.3 is 10.2 Å². The molecule has 20 heavy (non-hydrogen) atoms. The highest BCUT2D eigenvalue weighted by atomic mass is 16.6. The average molecular weight is 273 g/mol. The Morgan fingerprint density at radius 1 is 1.20 bits per heavy atom. The van der Waals surface area contributed by atoms with Gasteiger partial charge in [0, 0.05) is 17.7 Å². The number of anilines is 1. The van der Waals surface area contributed by atoms with Gasteiger partial charge in [-0.2, -0.15) is 5.10 Å². The minimum atomic E-state index is -0.504. The van der Waals surface area contributed by atoms with E-state index in [1.54, 1.807) is 18.2 Å². The molecule has 0 aliphatic rings. The number of phenols is 2. The molecule has 0 amide bonds. The van der Waals surface area contributed by atoms with Crippen molar-refractivity contribution in [2.75, 3.05) is 5.43 Å². The summed E-state index contributed by atoms with van der Waals surface area (Å²) >= 11 is 0. The molecule has 3 N–H and O–H groups in total. The van der Waals surface area contributed by atoms with E-state index in [0.717, 1.165) is 0 Å². The minimum Gasteiger partial charge on any atom is -0.504 e. The number of nitrogens with zero attached hydrogens (tertiary/aromatic N) is 2. The summed E-state index contributed by atoms with van der Waals surface area (Å²) in [6.45, 7) is 0. The Balaban J connectivity index is 2.12. The molecule has 2 rings (SSSR count). The van der Waals surface area contributed by atoms with Gasteiger partial charge in [-0.15, -0.1) is 0 Å².